The van der Waals surface area contributed by atoms with Crippen LogP contribution in [0.5, 0.6) is 0 Å². The van der Waals surface area contributed by atoms with Crippen molar-refractivity contribution in [3.8, 4) is 0 Å². The summed E-state index contributed by atoms with van der Waals surface area (Å²) >= 11 is 4.46. The molecule has 0 amide bonds. The largest absolute Gasteiger partial charge is 0.171 e. The average Bonchev–Trinajstić information content (AvgIpc) is 2.17. The van der Waals surface area contributed by atoms with E-state index in [1.807, 2.05) is 0 Å². The third-order valence-electron chi connectivity index (χ3n) is 2.85. The Bertz CT molecular complexity index is 302. The standard InChI is InChI=1S/C12H16S/c1-9(13)11-7-6-10-4-2-3-5-12(10)8-11/h6-9,13H,2-5H2,1H3. The summed E-state index contributed by atoms with van der Waals surface area (Å²) in [5.41, 5.74) is 4.48. The summed E-state index contributed by atoms with van der Waals surface area (Å²) in [7, 11) is 0. The highest BCUT2D eigenvalue weighted by Gasteiger charge is 2.10. The zero-order chi connectivity index (χ0) is 9.26. The lowest BCUT2D eigenvalue weighted by atomic mass is 9.90. The molecular weight excluding hydrogens is 176 g/mol. The molecule has 1 aliphatic rings. The highest BCUT2D eigenvalue weighted by molar-refractivity contribution is 7.80. The maximum Gasteiger partial charge on any atom is 0.0238 e. The fraction of sp³-hybridized carbons (Fsp3) is 0.500. The average molecular weight is 192 g/mol. The van der Waals surface area contributed by atoms with E-state index in [9.17, 15) is 0 Å². The maximum atomic E-state index is 4.46. The van der Waals surface area contributed by atoms with E-state index in [-0.39, 0.29) is 0 Å². The summed E-state index contributed by atoms with van der Waals surface area (Å²) in [6, 6.07) is 6.85. The Hall–Kier alpha value is -0.430. The van der Waals surface area contributed by atoms with Crippen molar-refractivity contribution in [3.05, 3.63) is 34.9 Å². The van der Waals surface area contributed by atoms with Crippen LogP contribution in [0, 0.1) is 0 Å². The molecule has 1 heteroatoms. The van der Waals surface area contributed by atoms with E-state index in [0.717, 1.165) is 0 Å². The van der Waals surface area contributed by atoms with Crippen molar-refractivity contribution in [2.45, 2.75) is 37.9 Å². The third kappa shape index (κ3) is 1.91. The Balaban J connectivity index is 2.35. The number of benzene rings is 1. The van der Waals surface area contributed by atoms with E-state index in [1.54, 1.807) is 11.1 Å². The van der Waals surface area contributed by atoms with Crippen molar-refractivity contribution in [2.24, 2.45) is 0 Å². The summed E-state index contributed by atoms with van der Waals surface area (Å²) in [6.07, 6.45) is 5.26. The van der Waals surface area contributed by atoms with Crippen LogP contribution in [0.1, 0.15) is 41.7 Å². The molecule has 1 aromatic rings. The number of rotatable bonds is 1. The summed E-state index contributed by atoms with van der Waals surface area (Å²) < 4.78 is 0. The summed E-state index contributed by atoms with van der Waals surface area (Å²) in [4.78, 5) is 0. The molecule has 70 valence electrons. The molecule has 0 heterocycles. The molecule has 0 aliphatic heterocycles. The molecule has 1 atom stereocenters. The van der Waals surface area contributed by atoms with Gasteiger partial charge in [-0.05, 0) is 49.3 Å². The molecule has 1 unspecified atom stereocenters. The van der Waals surface area contributed by atoms with Gasteiger partial charge in [0.15, 0.2) is 0 Å². The smallest absolute Gasteiger partial charge is 0.0238 e. The number of aryl methyl sites for hydroxylation is 2. The van der Waals surface area contributed by atoms with Crippen molar-refractivity contribution < 1.29 is 0 Å². The van der Waals surface area contributed by atoms with Gasteiger partial charge in [0.05, 0.1) is 0 Å². The lowest BCUT2D eigenvalue weighted by Gasteiger charge is -2.17. The Labute approximate surface area is 85.8 Å². The lowest BCUT2D eigenvalue weighted by Crippen LogP contribution is -2.03. The summed E-state index contributed by atoms with van der Waals surface area (Å²) in [6.45, 7) is 2.13. The van der Waals surface area contributed by atoms with E-state index in [1.165, 1.54) is 31.2 Å². The number of hydrogen-bond acceptors (Lipinski definition) is 1. The molecule has 0 nitrogen and oxygen atoms in total. The van der Waals surface area contributed by atoms with Crippen molar-refractivity contribution in [1.82, 2.24) is 0 Å². The molecule has 1 aromatic carbocycles. The number of fused-ring (bicyclic) bond motifs is 1. The van der Waals surface area contributed by atoms with Gasteiger partial charge in [-0.2, -0.15) is 12.6 Å². The van der Waals surface area contributed by atoms with Gasteiger partial charge in [0.1, 0.15) is 0 Å². The van der Waals surface area contributed by atoms with Gasteiger partial charge >= 0.3 is 0 Å². The SMILES string of the molecule is CC(S)c1ccc2c(c1)CCCC2. The van der Waals surface area contributed by atoms with Crippen LogP contribution in [0.15, 0.2) is 18.2 Å². The van der Waals surface area contributed by atoms with Crippen LogP contribution < -0.4 is 0 Å². The molecule has 13 heavy (non-hydrogen) atoms. The van der Waals surface area contributed by atoms with Crippen LogP contribution in [-0.4, -0.2) is 0 Å². The minimum absolute atomic E-state index is 0.368. The first kappa shape index (κ1) is 9.14. The van der Waals surface area contributed by atoms with Crippen molar-refractivity contribution >= 4 is 12.6 Å². The Morgan fingerprint density at radius 1 is 1.15 bits per heavy atom. The van der Waals surface area contributed by atoms with Crippen molar-refractivity contribution in [1.29, 1.82) is 0 Å². The third-order valence-corrected chi connectivity index (χ3v) is 3.15. The van der Waals surface area contributed by atoms with Gasteiger partial charge in [0.2, 0.25) is 0 Å². The van der Waals surface area contributed by atoms with Crippen LogP contribution in [0.2, 0.25) is 0 Å². The zero-order valence-corrected chi connectivity index (χ0v) is 8.98. The predicted octanol–water partition coefficient (Wildman–Crippen LogP) is 3.56. The predicted molar refractivity (Wildman–Crippen MR) is 60.5 cm³/mol. The van der Waals surface area contributed by atoms with Crippen molar-refractivity contribution in [2.75, 3.05) is 0 Å². The molecule has 0 saturated carbocycles. The van der Waals surface area contributed by atoms with E-state index < -0.39 is 0 Å². The zero-order valence-electron chi connectivity index (χ0n) is 8.09. The summed E-state index contributed by atoms with van der Waals surface area (Å²) in [5.74, 6) is 0. The van der Waals surface area contributed by atoms with E-state index in [4.69, 9.17) is 0 Å². The van der Waals surface area contributed by atoms with Crippen LogP contribution in [0.25, 0.3) is 0 Å². The quantitative estimate of drug-likeness (QED) is 0.646. The maximum absolute atomic E-state index is 4.46. The monoisotopic (exact) mass is 192 g/mol. The normalized spacial score (nSPS) is 18.0. The fourth-order valence-electron chi connectivity index (χ4n) is 2.01. The van der Waals surface area contributed by atoms with E-state index >= 15 is 0 Å². The minimum Gasteiger partial charge on any atom is -0.171 e. The molecule has 2 rings (SSSR count). The Morgan fingerprint density at radius 2 is 1.85 bits per heavy atom. The highest BCUT2D eigenvalue weighted by atomic mass is 32.1. The van der Waals surface area contributed by atoms with Gasteiger partial charge in [-0.15, -0.1) is 0 Å². The molecule has 1 aliphatic carbocycles. The molecule has 0 fully saturated rings. The first-order chi connectivity index (χ1) is 6.27. The topological polar surface area (TPSA) is 0 Å². The van der Waals surface area contributed by atoms with Crippen molar-refractivity contribution in [3.63, 3.8) is 0 Å². The summed E-state index contributed by atoms with van der Waals surface area (Å²) in [5, 5.41) is 0.368. The molecule has 0 bridgehead atoms. The molecule has 0 N–H and O–H groups in total. The van der Waals surface area contributed by atoms with Crippen LogP contribution in [0.3, 0.4) is 0 Å². The van der Waals surface area contributed by atoms with Crippen LogP contribution in [-0.2, 0) is 12.8 Å². The second-order valence-electron chi connectivity index (χ2n) is 3.91. The van der Waals surface area contributed by atoms with E-state index in [0.29, 0.717) is 5.25 Å². The van der Waals surface area contributed by atoms with Crippen LogP contribution >= 0.6 is 12.6 Å². The highest BCUT2D eigenvalue weighted by Crippen LogP contribution is 2.26. The van der Waals surface area contributed by atoms with Gasteiger partial charge in [-0.25, -0.2) is 0 Å². The lowest BCUT2D eigenvalue weighted by molar-refractivity contribution is 0.684. The van der Waals surface area contributed by atoms with Gasteiger partial charge < -0.3 is 0 Å². The first-order valence-electron chi connectivity index (χ1n) is 5.07. The fourth-order valence-corrected chi connectivity index (χ4v) is 2.17. The van der Waals surface area contributed by atoms with Gasteiger partial charge in [0.25, 0.3) is 0 Å². The van der Waals surface area contributed by atoms with Gasteiger partial charge in [-0.1, -0.05) is 18.2 Å². The number of thiol groups is 1. The van der Waals surface area contributed by atoms with Gasteiger partial charge in [-0.3, -0.25) is 0 Å². The Morgan fingerprint density at radius 3 is 2.54 bits per heavy atom. The Kier molecular flexibility index (Phi) is 2.63. The molecule has 0 radical (unpaired) electrons. The van der Waals surface area contributed by atoms with Gasteiger partial charge in [0, 0.05) is 5.25 Å². The van der Waals surface area contributed by atoms with Crippen LogP contribution in [0.4, 0.5) is 0 Å². The molecule has 0 aromatic heterocycles. The minimum atomic E-state index is 0.368. The molecule has 0 saturated heterocycles. The second kappa shape index (κ2) is 3.75. The van der Waals surface area contributed by atoms with E-state index in [2.05, 4.69) is 37.8 Å². The second-order valence-corrected chi connectivity index (χ2v) is 4.69. The number of hydrogen-bond donors (Lipinski definition) is 1. The molecule has 0 spiro atoms. The first-order valence-corrected chi connectivity index (χ1v) is 5.59. The molecular formula is C12H16S.